The van der Waals surface area contributed by atoms with Crippen LogP contribution >= 0.6 is 0 Å². The molecule has 0 aromatic heterocycles. The van der Waals surface area contributed by atoms with E-state index < -0.39 is 5.97 Å². The molecule has 1 fully saturated rings. The number of ether oxygens (including phenoxy) is 1. The Morgan fingerprint density at radius 2 is 2.28 bits per heavy atom. The number of carboxylic acids is 1. The van der Waals surface area contributed by atoms with Gasteiger partial charge < -0.3 is 25.4 Å². The highest BCUT2D eigenvalue weighted by Gasteiger charge is 2.18. The number of urea groups is 1. The van der Waals surface area contributed by atoms with Crippen LogP contribution in [-0.2, 0) is 9.53 Å². The maximum atomic E-state index is 11.5. The highest BCUT2D eigenvalue weighted by Crippen LogP contribution is 2.07. The fourth-order valence-corrected chi connectivity index (χ4v) is 1.92. The Kier molecular flexibility index (Phi) is 6.45. The van der Waals surface area contributed by atoms with Gasteiger partial charge in [0, 0.05) is 19.1 Å². The summed E-state index contributed by atoms with van der Waals surface area (Å²) in [5.74, 6) is -1.01. The van der Waals surface area contributed by atoms with Gasteiger partial charge in [0.2, 0.25) is 0 Å². The summed E-state index contributed by atoms with van der Waals surface area (Å²) < 4.78 is 4.80. The van der Waals surface area contributed by atoms with Gasteiger partial charge in [-0.15, -0.1) is 0 Å². The molecular formula is C11H21N3O4. The van der Waals surface area contributed by atoms with Crippen molar-refractivity contribution < 1.29 is 19.4 Å². The molecule has 1 atom stereocenters. The molecule has 1 unspecified atom stereocenters. The van der Waals surface area contributed by atoms with Gasteiger partial charge in [-0.25, -0.2) is 9.59 Å². The number of piperidine rings is 1. The second kappa shape index (κ2) is 7.88. The maximum absolute atomic E-state index is 11.5. The van der Waals surface area contributed by atoms with Crippen molar-refractivity contribution in [2.75, 3.05) is 39.9 Å². The number of carbonyl (C=O) groups excluding carboxylic acids is 1. The Morgan fingerprint density at radius 3 is 2.94 bits per heavy atom. The number of rotatable bonds is 6. The number of carboxylic acid groups (broad SMARTS) is 1. The maximum Gasteiger partial charge on any atom is 0.329 e. The number of hydrogen-bond donors (Lipinski definition) is 3. The van der Waals surface area contributed by atoms with Crippen LogP contribution in [0.15, 0.2) is 0 Å². The van der Waals surface area contributed by atoms with E-state index in [4.69, 9.17) is 9.84 Å². The lowest BCUT2D eigenvalue weighted by Gasteiger charge is -2.30. The van der Waals surface area contributed by atoms with Crippen molar-refractivity contribution in [2.45, 2.75) is 18.9 Å². The van der Waals surface area contributed by atoms with Crippen LogP contribution < -0.4 is 10.6 Å². The summed E-state index contributed by atoms with van der Waals surface area (Å²) >= 11 is 0. The summed E-state index contributed by atoms with van der Waals surface area (Å²) in [5, 5.41) is 13.9. The third-order valence-corrected chi connectivity index (χ3v) is 2.72. The van der Waals surface area contributed by atoms with Crippen LogP contribution in [0, 0.1) is 0 Å². The van der Waals surface area contributed by atoms with Crippen molar-refractivity contribution in [1.29, 1.82) is 0 Å². The van der Waals surface area contributed by atoms with Gasteiger partial charge >= 0.3 is 12.0 Å². The Balaban J connectivity index is 2.04. The molecule has 104 valence electrons. The average Bonchev–Trinajstić information content (AvgIpc) is 2.28. The normalized spacial score (nSPS) is 20.4. The van der Waals surface area contributed by atoms with Gasteiger partial charge in [0.15, 0.2) is 0 Å². The molecule has 1 heterocycles. The van der Waals surface area contributed by atoms with Crippen molar-refractivity contribution in [2.24, 2.45) is 0 Å². The number of likely N-dealkylation sites (tertiary alicyclic amines) is 1. The highest BCUT2D eigenvalue weighted by molar-refractivity contribution is 5.74. The minimum atomic E-state index is -1.01. The number of nitrogens with one attached hydrogen (secondary N) is 2. The van der Waals surface area contributed by atoms with Gasteiger partial charge in [-0.3, -0.25) is 0 Å². The van der Waals surface area contributed by atoms with Crippen LogP contribution in [0.4, 0.5) is 4.79 Å². The fourth-order valence-electron chi connectivity index (χ4n) is 1.92. The summed E-state index contributed by atoms with van der Waals surface area (Å²) in [6.45, 7) is 2.11. The lowest BCUT2D eigenvalue weighted by Crippen LogP contribution is -2.49. The lowest BCUT2D eigenvalue weighted by atomic mass is 10.1. The molecule has 1 saturated heterocycles. The molecule has 0 aromatic rings. The van der Waals surface area contributed by atoms with Crippen molar-refractivity contribution in [3.8, 4) is 0 Å². The van der Waals surface area contributed by atoms with Gasteiger partial charge in [0.25, 0.3) is 0 Å². The zero-order valence-corrected chi connectivity index (χ0v) is 10.6. The summed E-state index contributed by atoms with van der Waals surface area (Å²) in [6.07, 6.45) is 2.08. The number of nitrogens with zero attached hydrogens (tertiary/aromatic N) is 1. The van der Waals surface area contributed by atoms with Crippen LogP contribution in [-0.4, -0.2) is 67.9 Å². The molecule has 7 nitrogen and oxygen atoms in total. The standard InChI is InChI=1S/C11H21N3O4/c1-14-5-2-3-9(7-14)13-11(17)12-4-6-18-8-10(15)16/h9H,2-8H2,1H3,(H,15,16)(H2,12,13,17). The highest BCUT2D eigenvalue weighted by atomic mass is 16.5. The molecule has 7 heteroatoms. The predicted octanol–water partition coefficient (Wildman–Crippen LogP) is -0.519. The van der Waals surface area contributed by atoms with E-state index in [0.29, 0.717) is 6.54 Å². The van der Waals surface area contributed by atoms with E-state index in [-0.39, 0.29) is 25.3 Å². The Morgan fingerprint density at radius 1 is 1.50 bits per heavy atom. The van der Waals surface area contributed by atoms with E-state index in [9.17, 15) is 9.59 Å². The van der Waals surface area contributed by atoms with Crippen molar-refractivity contribution in [3.05, 3.63) is 0 Å². The van der Waals surface area contributed by atoms with E-state index in [0.717, 1.165) is 25.9 Å². The first-order valence-electron chi connectivity index (χ1n) is 6.10. The zero-order valence-electron chi connectivity index (χ0n) is 10.6. The van der Waals surface area contributed by atoms with Gasteiger partial charge in [-0.05, 0) is 26.4 Å². The molecule has 1 rings (SSSR count). The number of carbonyl (C=O) groups is 2. The third-order valence-electron chi connectivity index (χ3n) is 2.72. The van der Waals surface area contributed by atoms with Crippen LogP contribution in [0.2, 0.25) is 0 Å². The predicted molar refractivity (Wildman–Crippen MR) is 65.5 cm³/mol. The van der Waals surface area contributed by atoms with Crippen molar-refractivity contribution in [3.63, 3.8) is 0 Å². The van der Waals surface area contributed by atoms with Crippen molar-refractivity contribution in [1.82, 2.24) is 15.5 Å². The molecule has 1 aliphatic heterocycles. The number of hydrogen-bond acceptors (Lipinski definition) is 4. The van der Waals surface area contributed by atoms with E-state index in [1.54, 1.807) is 0 Å². The van der Waals surface area contributed by atoms with E-state index in [1.165, 1.54) is 0 Å². The SMILES string of the molecule is CN1CCCC(NC(=O)NCCOCC(=O)O)C1. The van der Waals surface area contributed by atoms with Crippen molar-refractivity contribution >= 4 is 12.0 Å². The number of likely N-dealkylation sites (N-methyl/N-ethyl adjacent to an activating group) is 1. The third kappa shape index (κ3) is 6.41. The summed E-state index contributed by atoms with van der Waals surface area (Å²) in [7, 11) is 2.03. The Labute approximate surface area is 106 Å². The first-order valence-corrected chi connectivity index (χ1v) is 6.10. The van der Waals surface area contributed by atoms with Gasteiger partial charge in [-0.2, -0.15) is 0 Å². The molecule has 0 radical (unpaired) electrons. The summed E-state index contributed by atoms with van der Waals surface area (Å²) in [6, 6.07) is -0.0436. The molecule has 18 heavy (non-hydrogen) atoms. The van der Waals surface area contributed by atoms with Crippen LogP contribution in [0.3, 0.4) is 0 Å². The second-order valence-corrected chi connectivity index (χ2v) is 4.45. The van der Waals surface area contributed by atoms with Crippen LogP contribution in [0.1, 0.15) is 12.8 Å². The molecule has 0 spiro atoms. The molecular weight excluding hydrogens is 238 g/mol. The lowest BCUT2D eigenvalue weighted by molar-refractivity contribution is -0.142. The van der Waals surface area contributed by atoms with Crippen LogP contribution in [0.5, 0.6) is 0 Å². The first kappa shape index (κ1) is 14.7. The Hall–Kier alpha value is -1.34. The molecule has 2 amide bonds. The van der Waals surface area contributed by atoms with Gasteiger partial charge in [0.1, 0.15) is 6.61 Å². The summed E-state index contributed by atoms with van der Waals surface area (Å²) in [5.41, 5.74) is 0. The average molecular weight is 259 g/mol. The fraction of sp³-hybridized carbons (Fsp3) is 0.818. The second-order valence-electron chi connectivity index (χ2n) is 4.45. The quantitative estimate of drug-likeness (QED) is 0.558. The van der Waals surface area contributed by atoms with Crippen LogP contribution in [0.25, 0.3) is 0 Å². The molecule has 0 aliphatic carbocycles. The monoisotopic (exact) mass is 259 g/mol. The molecule has 1 aliphatic rings. The van der Waals surface area contributed by atoms with E-state index >= 15 is 0 Å². The molecule has 0 saturated carbocycles. The van der Waals surface area contributed by atoms with Gasteiger partial charge in [0.05, 0.1) is 6.61 Å². The zero-order chi connectivity index (χ0) is 13.4. The largest absolute Gasteiger partial charge is 0.480 e. The number of amides is 2. The smallest absolute Gasteiger partial charge is 0.329 e. The summed E-state index contributed by atoms with van der Waals surface area (Å²) in [4.78, 5) is 23.8. The first-order chi connectivity index (χ1) is 8.58. The topological polar surface area (TPSA) is 90.9 Å². The molecule has 0 aromatic carbocycles. The Bertz CT molecular complexity index is 285. The van der Waals surface area contributed by atoms with E-state index in [2.05, 4.69) is 15.5 Å². The van der Waals surface area contributed by atoms with Gasteiger partial charge in [-0.1, -0.05) is 0 Å². The number of aliphatic carboxylic acids is 1. The minimum Gasteiger partial charge on any atom is -0.480 e. The molecule has 0 bridgehead atoms. The molecule has 3 N–H and O–H groups in total. The van der Waals surface area contributed by atoms with E-state index in [1.807, 2.05) is 7.05 Å². The minimum absolute atomic E-state index is 0.184.